The van der Waals surface area contributed by atoms with Crippen LogP contribution in [0.15, 0.2) is 83.3 Å². The smallest absolute Gasteiger partial charge is 0.214 e. The second-order valence-corrected chi connectivity index (χ2v) is 4.56. The third kappa shape index (κ3) is 4.66. The molecule has 0 aliphatic rings. The van der Waals surface area contributed by atoms with Gasteiger partial charge in [0, 0.05) is 4.47 Å². The van der Waals surface area contributed by atoms with Crippen molar-refractivity contribution in [3.05, 3.63) is 83.3 Å². The van der Waals surface area contributed by atoms with Crippen molar-refractivity contribution in [2.45, 2.75) is 0 Å². The van der Waals surface area contributed by atoms with Gasteiger partial charge in [0.2, 0.25) is 0 Å². The molecular formula is C16H13BrFe. The van der Waals surface area contributed by atoms with Crippen LogP contribution in [0.5, 0.6) is 0 Å². The third-order valence-electron chi connectivity index (χ3n) is 2.40. The van der Waals surface area contributed by atoms with Crippen molar-refractivity contribution in [3.63, 3.8) is 0 Å². The van der Waals surface area contributed by atoms with E-state index in [-0.39, 0.29) is 17.1 Å². The molecule has 18 heavy (non-hydrogen) atoms. The van der Waals surface area contributed by atoms with Crippen LogP contribution >= 0.6 is 15.9 Å². The summed E-state index contributed by atoms with van der Waals surface area (Å²) in [4.78, 5) is 0. The summed E-state index contributed by atoms with van der Waals surface area (Å²) in [7, 11) is 0. The topological polar surface area (TPSA) is 0 Å². The van der Waals surface area contributed by atoms with Crippen molar-refractivity contribution in [1.82, 2.24) is 0 Å². The van der Waals surface area contributed by atoms with Gasteiger partial charge in [-0.3, -0.25) is 0 Å². The zero-order valence-corrected chi connectivity index (χ0v) is 12.4. The summed E-state index contributed by atoms with van der Waals surface area (Å²) >= 11 is 3.41. The van der Waals surface area contributed by atoms with Crippen LogP contribution in [0.3, 0.4) is 0 Å². The summed E-state index contributed by atoms with van der Waals surface area (Å²) in [5.74, 6) is 0. The van der Waals surface area contributed by atoms with E-state index in [1.54, 1.807) is 0 Å². The molecule has 2 heteroatoms. The quantitative estimate of drug-likeness (QED) is 0.420. The third-order valence-corrected chi connectivity index (χ3v) is 2.92. The Morgan fingerprint density at radius 1 is 0.833 bits per heavy atom. The van der Waals surface area contributed by atoms with E-state index in [1.807, 2.05) is 30.3 Å². The first-order chi connectivity index (χ1) is 8.36. The second kappa shape index (κ2) is 8.10. The maximum Gasteiger partial charge on any atom is 2.00 e. The first-order valence-electron chi connectivity index (χ1n) is 5.50. The van der Waals surface area contributed by atoms with E-state index in [4.69, 9.17) is 0 Å². The average Bonchev–Trinajstić information content (AvgIpc) is 3.06. The molecule has 0 unspecified atom stereocenters. The molecule has 3 aromatic rings. The normalized spacial score (nSPS) is 8.94. The fourth-order valence-electron chi connectivity index (χ4n) is 1.53. The molecule has 92 valence electrons. The molecule has 0 aliphatic carbocycles. The summed E-state index contributed by atoms with van der Waals surface area (Å²) in [5, 5.41) is 0. The first-order valence-corrected chi connectivity index (χ1v) is 6.30. The van der Waals surface area contributed by atoms with Gasteiger partial charge >= 0.3 is 17.1 Å². The molecular weight excluding hydrogens is 328 g/mol. The minimum Gasteiger partial charge on any atom is -0.214 e. The minimum absolute atomic E-state index is 0. The van der Waals surface area contributed by atoms with E-state index in [1.165, 1.54) is 11.1 Å². The Hall–Kier alpha value is -1.08. The maximum atomic E-state index is 3.41. The molecule has 0 atom stereocenters. The fourth-order valence-corrected chi connectivity index (χ4v) is 1.79. The summed E-state index contributed by atoms with van der Waals surface area (Å²) < 4.78 is 1.12. The van der Waals surface area contributed by atoms with Crippen molar-refractivity contribution in [3.8, 4) is 11.1 Å². The van der Waals surface area contributed by atoms with Crippen molar-refractivity contribution >= 4 is 15.9 Å². The van der Waals surface area contributed by atoms with Crippen molar-refractivity contribution < 1.29 is 17.1 Å². The first kappa shape index (κ1) is 15.0. The summed E-state index contributed by atoms with van der Waals surface area (Å²) in [6, 6.07) is 26.7. The SMILES string of the molecule is Brc1ccc(-[c-]2cccc2)cc1.[Fe+2].c1cc[cH-]c1. The zero-order chi connectivity index (χ0) is 11.9. The molecule has 0 bridgehead atoms. The molecule has 0 radical (unpaired) electrons. The summed E-state index contributed by atoms with van der Waals surface area (Å²) in [6.45, 7) is 0. The van der Waals surface area contributed by atoms with Crippen LogP contribution in [0.25, 0.3) is 11.1 Å². The zero-order valence-electron chi connectivity index (χ0n) is 9.74. The van der Waals surface area contributed by atoms with Gasteiger partial charge in [-0.2, -0.15) is 30.3 Å². The molecule has 0 saturated carbocycles. The van der Waals surface area contributed by atoms with Crippen LogP contribution in [-0.2, 0) is 17.1 Å². The Kier molecular flexibility index (Phi) is 6.74. The predicted molar refractivity (Wildman–Crippen MR) is 77.2 cm³/mol. The van der Waals surface area contributed by atoms with E-state index in [9.17, 15) is 0 Å². The number of hydrogen-bond acceptors (Lipinski definition) is 0. The average molecular weight is 341 g/mol. The van der Waals surface area contributed by atoms with Gasteiger partial charge < -0.3 is 0 Å². The molecule has 0 nitrogen and oxygen atoms in total. The van der Waals surface area contributed by atoms with Crippen LogP contribution in [-0.4, -0.2) is 0 Å². The number of halogens is 1. The van der Waals surface area contributed by atoms with Gasteiger partial charge in [-0.1, -0.05) is 33.6 Å². The van der Waals surface area contributed by atoms with E-state index in [2.05, 4.69) is 64.5 Å². The number of benzene rings is 1. The van der Waals surface area contributed by atoms with E-state index in [0.29, 0.717) is 0 Å². The Balaban J connectivity index is 0.000000230. The molecule has 3 aromatic carbocycles. The van der Waals surface area contributed by atoms with Crippen LogP contribution in [0, 0.1) is 0 Å². The van der Waals surface area contributed by atoms with Gasteiger partial charge in [0.1, 0.15) is 0 Å². The standard InChI is InChI=1S/C11H8Br.C5H5.Fe/c12-11-7-5-10(6-8-11)9-3-1-2-4-9;1-2-4-5-3-1;/h1-8H;1-5H;/q2*-1;+2. The Morgan fingerprint density at radius 2 is 1.39 bits per heavy atom. The van der Waals surface area contributed by atoms with Gasteiger partial charge in [0.05, 0.1) is 0 Å². The minimum atomic E-state index is 0. The molecule has 0 aliphatic heterocycles. The van der Waals surface area contributed by atoms with E-state index in [0.717, 1.165) is 4.47 Å². The van der Waals surface area contributed by atoms with Crippen molar-refractivity contribution in [2.24, 2.45) is 0 Å². The molecule has 0 heterocycles. The molecule has 0 fully saturated rings. The Labute approximate surface area is 127 Å². The predicted octanol–water partition coefficient (Wildman–Crippen LogP) is 5.24. The molecule has 0 spiro atoms. The summed E-state index contributed by atoms with van der Waals surface area (Å²) in [6.07, 6.45) is 0. The Morgan fingerprint density at radius 3 is 1.83 bits per heavy atom. The van der Waals surface area contributed by atoms with Gasteiger partial charge in [-0.15, -0.1) is 29.8 Å². The van der Waals surface area contributed by atoms with Crippen LogP contribution < -0.4 is 0 Å². The van der Waals surface area contributed by atoms with Gasteiger partial charge in [0.25, 0.3) is 0 Å². The van der Waals surface area contributed by atoms with Gasteiger partial charge in [-0.05, 0) is 0 Å². The van der Waals surface area contributed by atoms with E-state index < -0.39 is 0 Å². The number of hydrogen-bond donors (Lipinski definition) is 0. The molecule has 0 amide bonds. The second-order valence-electron chi connectivity index (χ2n) is 3.64. The largest absolute Gasteiger partial charge is 2.00 e. The van der Waals surface area contributed by atoms with Crippen molar-refractivity contribution in [1.29, 1.82) is 0 Å². The maximum absolute atomic E-state index is 3.41. The summed E-state index contributed by atoms with van der Waals surface area (Å²) in [5.41, 5.74) is 2.55. The molecule has 0 N–H and O–H groups in total. The molecule has 0 aromatic heterocycles. The fraction of sp³-hybridized carbons (Fsp3) is 0. The van der Waals surface area contributed by atoms with Gasteiger partial charge in [-0.25, -0.2) is 12.1 Å². The monoisotopic (exact) mass is 340 g/mol. The van der Waals surface area contributed by atoms with Gasteiger partial charge in [0.15, 0.2) is 0 Å². The van der Waals surface area contributed by atoms with Crippen molar-refractivity contribution in [2.75, 3.05) is 0 Å². The van der Waals surface area contributed by atoms with E-state index >= 15 is 0 Å². The Bertz CT molecular complexity index is 490. The number of rotatable bonds is 1. The van der Waals surface area contributed by atoms with Crippen LogP contribution in [0.1, 0.15) is 0 Å². The molecule has 3 rings (SSSR count). The van der Waals surface area contributed by atoms with Crippen LogP contribution in [0.2, 0.25) is 0 Å². The molecule has 0 saturated heterocycles. The van der Waals surface area contributed by atoms with Crippen LogP contribution in [0.4, 0.5) is 0 Å².